The molecule has 1 aliphatic heterocycles. The van der Waals surface area contributed by atoms with E-state index in [-0.39, 0.29) is 0 Å². The highest BCUT2D eigenvalue weighted by atomic mass is 35.5. The third kappa shape index (κ3) is 3.17. The van der Waals surface area contributed by atoms with Gasteiger partial charge in [-0.15, -0.1) is 0 Å². The molecule has 0 aromatic heterocycles. The fourth-order valence-electron chi connectivity index (χ4n) is 2.90. The largest absolute Gasteiger partial charge is 0.298 e. The lowest BCUT2D eigenvalue weighted by Crippen LogP contribution is -2.19. The maximum Gasteiger partial charge on any atom is 0.0456 e. The van der Waals surface area contributed by atoms with E-state index in [1.807, 2.05) is 12.1 Å². The number of likely N-dealkylation sites (tertiary alicyclic amines) is 1. The first kappa shape index (κ1) is 13.9. The van der Waals surface area contributed by atoms with E-state index in [9.17, 15) is 0 Å². The molecule has 1 saturated heterocycles. The van der Waals surface area contributed by atoms with Crippen molar-refractivity contribution in [2.45, 2.75) is 18.9 Å². The predicted molar refractivity (Wildman–Crippen MR) is 85.5 cm³/mol. The van der Waals surface area contributed by atoms with Gasteiger partial charge in [0.2, 0.25) is 0 Å². The molecule has 2 aromatic rings. The van der Waals surface area contributed by atoms with Crippen molar-refractivity contribution in [1.82, 2.24) is 4.90 Å². The standard InChI is InChI=1S/C17H17Cl2N/c18-15-6-7-16(17(19)10-15)14-8-9-20(12-14)11-13-4-2-1-3-5-13/h1-7,10,14H,8-9,11-12H2. The fraction of sp³-hybridized carbons (Fsp3) is 0.294. The van der Waals surface area contributed by atoms with Crippen LogP contribution in [-0.2, 0) is 6.54 Å². The zero-order chi connectivity index (χ0) is 13.9. The van der Waals surface area contributed by atoms with Gasteiger partial charge in [-0.05, 0) is 42.1 Å². The van der Waals surface area contributed by atoms with Gasteiger partial charge < -0.3 is 0 Å². The monoisotopic (exact) mass is 305 g/mol. The lowest BCUT2D eigenvalue weighted by Gasteiger charge is -2.17. The molecule has 0 N–H and O–H groups in total. The number of rotatable bonds is 3. The number of benzene rings is 2. The Morgan fingerprint density at radius 3 is 2.60 bits per heavy atom. The van der Waals surface area contributed by atoms with Crippen molar-refractivity contribution in [3.05, 3.63) is 69.7 Å². The first-order valence-electron chi connectivity index (χ1n) is 6.93. The molecular formula is C17H17Cl2N. The molecule has 104 valence electrons. The van der Waals surface area contributed by atoms with Gasteiger partial charge in [0.05, 0.1) is 0 Å². The highest BCUT2D eigenvalue weighted by Gasteiger charge is 2.25. The highest BCUT2D eigenvalue weighted by molar-refractivity contribution is 6.35. The van der Waals surface area contributed by atoms with E-state index < -0.39 is 0 Å². The Morgan fingerprint density at radius 1 is 1.05 bits per heavy atom. The zero-order valence-corrected chi connectivity index (χ0v) is 12.7. The van der Waals surface area contributed by atoms with Crippen LogP contribution in [0.5, 0.6) is 0 Å². The molecule has 1 atom stereocenters. The third-order valence-corrected chi connectivity index (χ3v) is 4.49. The molecule has 1 fully saturated rings. The van der Waals surface area contributed by atoms with Crippen LogP contribution in [0.1, 0.15) is 23.5 Å². The second-order valence-corrected chi connectivity index (χ2v) is 6.22. The quantitative estimate of drug-likeness (QED) is 0.773. The van der Waals surface area contributed by atoms with E-state index >= 15 is 0 Å². The second kappa shape index (κ2) is 6.17. The Balaban J connectivity index is 1.67. The molecule has 0 bridgehead atoms. The van der Waals surface area contributed by atoms with Crippen LogP contribution in [0.15, 0.2) is 48.5 Å². The first-order chi connectivity index (χ1) is 9.72. The Morgan fingerprint density at radius 2 is 1.85 bits per heavy atom. The van der Waals surface area contributed by atoms with Gasteiger partial charge in [-0.1, -0.05) is 59.6 Å². The minimum atomic E-state index is 0.517. The average Bonchev–Trinajstić information content (AvgIpc) is 2.88. The first-order valence-corrected chi connectivity index (χ1v) is 7.69. The molecule has 0 aliphatic carbocycles. The van der Waals surface area contributed by atoms with Gasteiger partial charge in [0.15, 0.2) is 0 Å². The number of halogens is 2. The van der Waals surface area contributed by atoms with Crippen LogP contribution in [-0.4, -0.2) is 18.0 Å². The molecule has 3 rings (SSSR count). The molecule has 0 saturated carbocycles. The van der Waals surface area contributed by atoms with Crippen LogP contribution >= 0.6 is 23.2 Å². The second-order valence-electron chi connectivity index (χ2n) is 5.37. The maximum atomic E-state index is 6.31. The number of nitrogens with zero attached hydrogens (tertiary/aromatic N) is 1. The molecule has 1 aliphatic rings. The lowest BCUT2D eigenvalue weighted by molar-refractivity contribution is 0.327. The molecule has 1 unspecified atom stereocenters. The van der Waals surface area contributed by atoms with Crippen molar-refractivity contribution < 1.29 is 0 Å². The topological polar surface area (TPSA) is 3.24 Å². The summed E-state index contributed by atoms with van der Waals surface area (Å²) in [6, 6.07) is 16.5. The summed E-state index contributed by atoms with van der Waals surface area (Å²) >= 11 is 12.3. The molecule has 0 amide bonds. The maximum absolute atomic E-state index is 6.31. The predicted octanol–water partition coefficient (Wildman–Crippen LogP) is 4.98. The molecule has 2 aromatic carbocycles. The lowest BCUT2D eigenvalue weighted by atomic mass is 9.98. The van der Waals surface area contributed by atoms with Crippen molar-refractivity contribution in [3.63, 3.8) is 0 Å². The molecule has 1 nitrogen and oxygen atoms in total. The summed E-state index contributed by atoms with van der Waals surface area (Å²) < 4.78 is 0. The Labute approximate surface area is 130 Å². The average molecular weight is 306 g/mol. The summed E-state index contributed by atoms with van der Waals surface area (Å²) in [6.07, 6.45) is 1.16. The van der Waals surface area contributed by atoms with E-state index in [0.717, 1.165) is 31.1 Å². The van der Waals surface area contributed by atoms with E-state index in [4.69, 9.17) is 23.2 Å². The van der Waals surface area contributed by atoms with Crippen molar-refractivity contribution in [2.75, 3.05) is 13.1 Å². The number of hydrogen-bond donors (Lipinski definition) is 0. The van der Waals surface area contributed by atoms with Gasteiger partial charge in [-0.3, -0.25) is 4.90 Å². The van der Waals surface area contributed by atoms with E-state index in [1.54, 1.807) is 0 Å². The van der Waals surface area contributed by atoms with Gasteiger partial charge in [0.25, 0.3) is 0 Å². The summed E-state index contributed by atoms with van der Waals surface area (Å²) in [6.45, 7) is 3.21. The van der Waals surface area contributed by atoms with E-state index in [1.165, 1.54) is 11.1 Å². The van der Waals surface area contributed by atoms with E-state index in [0.29, 0.717) is 10.9 Å². The van der Waals surface area contributed by atoms with Gasteiger partial charge in [0.1, 0.15) is 0 Å². The van der Waals surface area contributed by atoms with Crippen molar-refractivity contribution in [2.24, 2.45) is 0 Å². The van der Waals surface area contributed by atoms with Crippen molar-refractivity contribution in [3.8, 4) is 0 Å². The van der Waals surface area contributed by atoms with Crippen LogP contribution in [0, 0.1) is 0 Å². The molecule has 3 heteroatoms. The summed E-state index contributed by atoms with van der Waals surface area (Å²) in [7, 11) is 0. The van der Waals surface area contributed by atoms with Crippen molar-refractivity contribution >= 4 is 23.2 Å². The molecule has 0 radical (unpaired) electrons. The summed E-state index contributed by atoms with van der Waals surface area (Å²) in [5.74, 6) is 0.517. The fourth-order valence-corrected chi connectivity index (χ4v) is 3.47. The van der Waals surface area contributed by atoms with Crippen LogP contribution in [0.25, 0.3) is 0 Å². The van der Waals surface area contributed by atoms with Crippen LogP contribution in [0.2, 0.25) is 10.0 Å². The SMILES string of the molecule is Clc1ccc(C2CCN(Cc3ccccc3)C2)c(Cl)c1. The minimum absolute atomic E-state index is 0.517. The van der Waals surface area contributed by atoms with Crippen molar-refractivity contribution in [1.29, 1.82) is 0 Å². The highest BCUT2D eigenvalue weighted by Crippen LogP contribution is 2.34. The number of hydrogen-bond acceptors (Lipinski definition) is 1. The van der Waals surface area contributed by atoms with Gasteiger partial charge in [-0.2, -0.15) is 0 Å². The summed E-state index contributed by atoms with van der Waals surface area (Å²) in [5.41, 5.74) is 2.60. The zero-order valence-electron chi connectivity index (χ0n) is 11.2. The van der Waals surface area contributed by atoms with E-state index in [2.05, 4.69) is 41.3 Å². The molecule has 20 heavy (non-hydrogen) atoms. The Kier molecular flexibility index (Phi) is 4.30. The van der Waals surface area contributed by atoms with Crippen LogP contribution < -0.4 is 0 Å². The third-order valence-electron chi connectivity index (χ3n) is 3.92. The van der Waals surface area contributed by atoms with Gasteiger partial charge in [0, 0.05) is 23.1 Å². The molecular weight excluding hydrogens is 289 g/mol. The summed E-state index contributed by atoms with van der Waals surface area (Å²) in [5, 5.41) is 1.50. The molecule has 0 spiro atoms. The molecule has 1 heterocycles. The van der Waals surface area contributed by atoms with Crippen LogP contribution in [0.3, 0.4) is 0 Å². The smallest absolute Gasteiger partial charge is 0.0456 e. The Hall–Kier alpha value is -1.02. The van der Waals surface area contributed by atoms with Gasteiger partial charge in [-0.25, -0.2) is 0 Å². The Bertz CT molecular complexity index is 583. The van der Waals surface area contributed by atoms with Gasteiger partial charge >= 0.3 is 0 Å². The summed E-state index contributed by atoms with van der Waals surface area (Å²) in [4.78, 5) is 2.49. The normalized spacial score (nSPS) is 19.4. The minimum Gasteiger partial charge on any atom is -0.298 e. The van der Waals surface area contributed by atoms with Crippen LogP contribution in [0.4, 0.5) is 0 Å².